The van der Waals surface area contributed by atoms with Gasteiger partial charge in [0, 0.05) is 31.8 Å². The minimum Gasteiger partial charge on any atom is -0.352 e. The second-order valence-electron chi connectivity index (χ2n) is 12.5. The number of urea groups is 1. The Hall–Kier alpha value is -2.98. The number of unbranched alkanes of at least 4 members (excludes halogenated alkanes) is 2. The van der Waals surface area contributed by atoms with Crippen molar-refractivity contribution in [1.82, 2.24) is 20.9 Å². The van der Waals surface area contributed by atoms with Crippen LogP contribution in [0.25, 0.3) is 0 Å². The van der Waals surface area contributed by atoms with Gasteiger partial charge in [-0.1, -0.05) is 61.3 Å². The summed E-state index contributed by atoms with van der Waals surface area (Å²) in [5.41, 5.74) is 4.87. The summed E-state index contributed by atoms with van der Waals surface area (Å²) in [7, 11) is 0. The van der Waals surface area contributed by atoms with Gasteiger partial charge in [-0.05, 0) is 43.4 Å². The SMILES string of the molecule is CCCC(C)(C)C1CC(=O)N(CCCCCC(=O)N[C@H](C(=O)N[C@@H](CCCNC(N)=O)C(=O)C(C)C)C(C)C)C1=O. The fourth-order valence-electron chi connectivity index (χ4n) is 5.33. The van der Waals surface area contributed by atoms with E-state index in [-0.39, 0.29) is 66.1 Å². The number of likely N-dealkylation sites (tertiary alicyclic amines) is 1. The molecule has 0 spiro atoms. The van der Waals surface area contributed by atoms with E-state index in [0.29, 0.717) is 38.6 Å². The van der Waals surface area contributed by atoms with Gasteiger partial charge in [0.2, 0.25) is 23.6 Å². The Bertz CT molecular complexity index is 932. The largest absolute Gasteiger partial charge is 0.352 e. The fourth-order valence-corrected chi connectivity index (χ4v) is 5.33. The summed E-state index contributed by atoms with van der Waals surface area (Å²) in [6.07, 6.45) is 4.94. The number of nitrogens with two attached hydrogens (primary N) is 1. The van der Waals surface area contributed by atoms with Gasteiger partial charge in [-0.3, -0.25) is 28.9 Å². The molecule has 1 heterocycles. The Morgan fingerprint density at radius 3 is 2.22 bits per heavy atom. The van der Waals surface area contributed by atoms with E-state index in [1.54, 1.807) is 13.8 Å². The summed E-state index contributed by atoms with van der Waals surface area (Å²) in [4.78, 5) is 76.1. The van der Waals surface area contributed by atoms with Crippen LogP contribution in [-0.2, 0) is 24.0 Å². The number of imide groups is 1. The van der Waals surface area contributed by atoms with E-state index < -0.39 is 24.0 Å². The van der Waals surface area contributed by atoms with Crippen molar-refractivity contribution in [3.05, 3.63) is 0 Å². The lowest BCUT2D eigenvalue weighted by Gasteiger charge is -2.29. The summed E-state index contributed by atoms with van der Waals surface area (Å²) in [6.45, 7) is 14.0. The first-order valence-corrected chi connectivity index (χ1v) is 15.1. The molecule has 1 aliphatic heterocycles. The molecule has 11 heteroatoms. The van der Waals surface area contributed by atoms with E-state index in [1.165, 1.54) is 4.90 Å². The lowest BCUT2D eigenvalue weighted by Crippen LogP contribution is -2.54. The Morgan fingerprint density at radius 2 is 1.66 bits per heavy atom. The molecule has 1 rings (SSSR count). The predicted molar refractivity (Wildman–Crippen MR) is 157 cm³/mol. The predicted octanol–water partition coefficient (Wildman–Crippen LogP) is 3.05. The van der Waals surface area contributed by atoms with Gasteiger partial charge in [0.25, 0.3) is 0 Å². The Labute approximate surface area is 245 Å². The monoisotopic (exact) mass is 579 g/mol. The van der Waals surface area contributed by atoms with Crippen molar-refractivity contribution in [2.75, 3.05) is 13.1 Å². The fraction of sp³-hybridized carbons (Fsp3) is 0.800. The normalized spacial score (nSPS) is 17.1. The van der Waals surface area contributed by atoms with Crippen LogP contribution in [0, 0.1) is 23.2 Å². The van der Waals surface area contributed by atoms with Crippen LogP contribution in [0.5, 0.6) is 0 Å². The number of hydrogen-bond acceptors (Lipinski definition) is 6. The van der Waals surface area contributed by atoms with Crippen molar-refractivity contribution in [2.24, 2.45) is 28.9 Å². The quantitative estimate of drug-likeness (QED) is 0.135. The zero-order chi connectivity index (χ0) is 31.3. The highest BCUT2D eigenvalue weighted by Gasteiger charge is 2.45. The van der Waals surface area contributed by atoms with E-state index in [4.69, 9.17) is 5.73 Å². The molecule has 0 aromatic carbocycles. The van der Waals surface area contributed by atoms with Gasteiger partial charge < -0.3 is 21.7 Å². The molecule has 1 unspecified atom stereocenters. The highest BCUT2D eigenvalue weighted by atomic mass is 16.2. The van der Waals surface area contributed by atoms with E-state index in [1.807, 2.05) is 27.7 Å². The minimum atomic E-state index is -0.808. The van der Waals surface area contributed by atoms with E-state index in [2.05, 4.69) is 22.9 Å². The van der Waals surface area contributed by atoms with Crippen molar-refractivity contribution in [1.29, 1.82) is 0 Å². The minimum absolute atomic E-state index is 0.0876. The van der Waals surface area contributed by atoms with Crippen LogP contribution in [-0.4, -0.2) is 65.5 Å². The number of amides is 6. The smallest absolute Gasteiger partial charge is 0.312 e. The molecule has 0 aromatic heterocycles. The van der Waals surface area contributed by atoms with E-state index in [0.717, 1.165) is 12.8 Å². The summed E-state index contributed by atoms with van der Waals surface area (Å²) in [6, 6.07) is -2.20. The van der Waals surface area contributed by atoms with Crippen molar-refractivity contribution >= 4 is 35.4 Å². The number of primary amides is 1. The molecule has 0 saturated carbocycles. The molecule has 11 nitrogen and oxygen atoms in total. The lowest BCUT2D eigenvalue weighted by molar-refractivity contribution is -0.140. The Balaban J connectivity index is 2.57. The highest BCUT2D eigenvalue weighted by molar-refractivity contribution is 6.03. The molecule has 5 N–H and O–H groups in total. The third kappa shape index (κ3) is 11.8. The zero-order valence-electron chi connectivity index (χ0n) is 26.1. The van der Waals surface area contributed by atoms with Crippen molar-refractivity contribution < 1.29 is 28.8 Å². The molecule has 0 aliphatic carbocycles. The van der Waals surface area contributed by atoms with Crippen molar-refractivity contribution in [3.8, 4) is 0 Å². The maximum atomic E-state index is 13.1. The molecule has 6 amide bonds. The first-order valence-electron chi connectivity index (χ1n) is 15.1. The highest BCUT2D eigenvalue weighted by Crippen LogP contribution is 2.39. The number of Topliss-reactive ketones (excluding diaryl/α,β-unsaturated/α-hetero) is 1. The first kappa shape index (κ1) is 36.0. The second kappa shape index (κ2) is 17.1. The van der Waals surface area contributed by atoms with Gasteiger partial charge in [0.15, 0.2) is 5.78 Å². The van der Waals surface area contributed by atoms with E-state index in [9.17, 15) is 28.8 Å². The molecule has 234 valence electrons. The maximum Gasteiger partial charge on any atom is 0.312 e. The number of hydrogen-bond donors (Lipinski definition) is 4. The maximum absolute atomic E-state index is 13.1. The third-order valence-corrected chi connectivity index (χ3v) is 7.83. The van der Waals surface area contributed by atoms with Gasteiger partial charge in [0.1, 0.15) is 6.04 Å². The molecular weight excluding hydrogens is 526 g/mol. The molecular formula is C30H53N5O6. The lowest BCUT2D eigenvalue weighted by atomic mass is 9.74. The van der Waals surface area contributed by atoms with Crippen LogP contribution < -0.4 is 21.7 Å². The Kier molecular flexibility index (Phi) is 15.0. The number of ketones is 1. The molecule has 3 atom stereocenters. The van der Waals surface area contributed by atoms with Crippen LogP contribution >= 0.6 is 0 Å². The topological polar surface area (TPSA) is 168 Å². The van der Waals surface area contributed by atoms with Crippen molar-refractivity contribution in [2.45, 2.75) is 118 Å². The summed E-state index contributed by atoms with van der Waals surface area (Å²) in [5.74, 6) is -1.81. The average Bonchev–Trinajstić information content (AvgIpc) is 3.17. The molecule has 0 radical (unpaired) electrons. The van der Waals surface area contributed by atoms with Gasteiger partial charge in [-0.25, -0.2) is 4.79 Å². The summed E-state index contributed by atoms with van der Waals surface area (Å²) >= 11 is 0. The molecule has 0 aromatic rings. The van der Waals surface area contributed by atoms with Gasteiger partial charge >= 0.3 is 6.03 Å². The second-order valence-corrected chi connectivity index (χ2v) is 12.5. The number of rotatable bonds is 19. The van der Waals surface area contributed by atoms with Crippen LogP contribution in [0.15, 0.2) is 0 Å². The summed E-state index contributed by atoms with van der Waals surface area (Å²) in [5, 5.41) is 8.06. The van der Waals surface area contributed by atoms with Crippen LogP contribution in [0.2, 0.25) is 0 Å². The van der Waals surface area contributed by atoms with Gasteiger partial charge in [-0.2, -0.15) is 0 Å². The van der Waals surface area contributed by atoms with E-state index >= 15 is 0 Å². The average molecular weight is 580 g/mol. The molecule has 1 fully saturated rings. The van der Waals surface area contributed by atoms with Crippen LogP contribution in [0.3, 0.4) is 0 Å². The van der Waals surface area contributed by atoms with Crippen LogP contribution in [0.4, 0.5) is 4.79 Å². The molecule has 0 bridgehead atoms. The molecule has 1 saturated heterocycles. The Morgan fingerprint density at radius 1 is 1.00 bits per heavy atom. The number of nitrogens with zero attached hydrogens (tertiary/aromatic N) is 1. The standard InChI is InChI=1S/C30H53N5O6/c1-8-15-30(6,7)21-18-24(37)35(28(21)40)17-11-9-10-14-23(36)34-25(19(2)3)27(39)33-22(26(38)20(4)5)13-12-16-32-29(31)41/h19-22,25H,8-18H2,1-7H3,(H,33,39)(H,34,36)(H3,31,32,41)/t21?,22-,25-/m0/s1. The number of nitrogens with one attached hydrogen (secondary N) is 3. The molecule has 1 aliphatic rings. The molecule has 41 heavy (non-hydrogen) atoms. The summed E-state index contributed by atoms with van der Waals surface area (Å²) < 4.78 is 0. The first-order chi connectivity index (χ1) is 19.1. The van der Waals surface area contributed by atoms with Crippen molar-refractivity contribution in [3.63, 3.8) is 0 Å². The van der Waals surface area contributed by atoms with Crippen LogP contribution in [0.1, 0.15) is 106 Å². The zero-order valence-corrected chi connectivity index (χ0v) is 26.1. The van der Waals surface area contributed by atoms with Gasteiger partial charge in [-0.15, -0.1) is 0 Å². The van der Waals surface area contributed by atoms with Gasteiger partial charge in [0.05, 0.1) is 12.0 Å². The number of carbonyl (C=O) groups excluding carboxylic acids is 6. The third-order valence-electron chi connectivity index (χ3n) is 7.83. The number of carbonyl (C=O) groups is 6.